The minimum absolute atomic E-state index is 0.0594. The topological polar surface area (TPSA) is 143 Å². The number of hydrogen-bond acceptors (Lipinski definition) is 8. The maximum Gasteiger partial charge on any atom is 0.331 e. The second kappa shape index (κ2) is 11.6. The molecule has 4 rings (SSSR count). The van der Waals surface area contributed by atoms with E-state index in [0.29, 0.717) is 45.3 Å². The fraction of sp³-hybridized carbons (Fsp3) is 0.0714. The Bertz CT molecular complexity index is 1460. The van der Waals surface area contributed by atoms with E-state index in [0.717, 1.165) is 0 Å². The van der Waals surface area contributed by atoms with Crippen LogP contribution in [0.4, 0.5) is 0 Å². The summed E-state index contributed by atoms with van der Waals surface area (Å²) in [4.78, 5) is 47.0. The molecule has 4 aromatic rings. The molecule has 0 unspecified atom stereocenters. The van der Waals surface area contributed by atoms with E-state index in [1.54, 1.807) is 72.8 Å². The average molecular weight is 511 g/mol. The lowest BCUT2D eigenvalue weighted by molar-refractivity contribution is -0.139. The number of benzene rings is 2. The molecule has 2 amide bonds. The molecule has 2 N–H and O–H groups in total. The zero-order chi connectivity index (χ0) is 27.1. The van der Waals surface area contributed by atoms with Crippen molar-refractivity contribution in [3.05, 3.63) is 95.4 Å². The van der Waals surface area contributed by atoms with Gasteiger partial charge in [0.15, 0.2) is 11.6 Å². The van der Waals surface area contributed by atoms with Crippen molar-refractivity contribution >= 4 is 35.8 Å². The van der Waals surface area contributed by atoms with Gasteiger partial charge in [-0.05, 0) is 50.2 Å². The van der Waals surface area contributed by atoms with Crippen LogP contribution in [0.25, 0.3) is 22.6 Å². The highest BCUT2D eigenvalue weighted by Gasteiger charge is 2.12. The number of rotatable bonds is 8. The number of furan rings is 2. The van der Waals surface area contributed by atoms with Gasteiger partial charge >= 0.3 is 11.8 Å². The molecule has 0 aliphatic carbocycles. The van der Waals surface area contributed by atoms with E-state index in [9.17, 15) is 19.2 Å². The van der Waals surface area contributed by atoms with E-state index in [1.165, 1.54) is 26.3 Å². The predicted octanol–water partition coefficient (Wildman–Crippen LogP) is 4.21. The minimum atomic E-state index is -1.04. The molecule has 38 heavy (non-hydrogen) atoms. The predicted molar refractivity (Wildman–Crippen MR) is 140 cm³/mol. The summed E-state index contributed by atoms with van der Waals surface area (Å²) >= 11 is 0. The van der Waals surface area contributed by atoms with Crippen LogP contribution < -0.4 is 10.9 Å². The first-order valence-electron chi connectivity index (χ1n) is 11.4. The number of nitrogens with one attached hydrogen (secondary N) is 2. The van der Waals surface area contributed by atoms with Gasteiger partial charge in [-0.25, -0.2) is 10.9 Å². The third-order valence-electron chi connectivity index (χ3n) is 5.28. The van der Waals surface area contributed by atoms with E-state index in [-0.39, 0.29) is 11.6 Å². The standard InChI is InChI=1S/C28H22N4O6/c1-17(33)19-5-3-7-21(13-19)25-11-9-23(37-25)15-29-31-27(35)28(36)32-30-16-24-10-12-26(38-24)22-8-4-6-20(14-22)18(2)34/h3-16H,1-2H3,(H,31,35)(H,32,36)/b29-15-,30-16?. The van der Waals surface area contributed by atoms with Gasteiger partial charge in [0.2, 0.25) is 0 Å². The van der Waals surface area contributed by atoms with E-state index < -0.39 is 11.8 Å². The van der Waals surface area contributed by atoms with Gasteiger partial charge in [-0.3, -0.25) is 19.2 Å². The highest BCUT2D eigenvalue weighted by atomic mass is 16.3. The number of carbonyl (C=O) groups excluding carboxylic acids is 4. The Kier molecular flexibility index (Phi) is 7.83. The Hall–Kier alpha value is -5.38. The second-order valence-corrected chi connectivity index (χ2v) is 8.08. The average Bonchev–Trinajstić information content (AvgIpc) is 3.59. The van der Waals surface area contributed by atoms with E-state index >= 15 is 0 Å². The van der Waals surface area contributed by atoms with Crippen LogP contribution >= 0.6 is 0 Å². The van der Waals surface area contributed by atoms with Crippen LogP contribution in [0.1, 0.15) is 46.1 Å². The number of ketones is 2. The van der Waals surface area contributed by atoms with E-state index in [1.807, 2.05) is 0 Å². The van der Waals surface area contributed by atoms with Crippen LogP contribution in [0.3, 0.4) is 0 Å². The molecule has 0 saturated carbocycles. The maximum absolute atomic E-state index is 12.0. The monoisotopic (exact) mass is 510 g/mol. The van der Waals surface area contributed by atoms with Gasteiger partial charge < -0.3 is 8.83 Å². The van der Waals surface area contributed by atoms with Crippen LogP contribution in [0.15, 0.2) is 91.8 Å². The molecule has 10 heteroatoms. The van der Waals surface area contributed by atoms with Crippen molar-refractivity contribution < 1.29 is 28.0 Å². The minimum Gasteiger partial charge on any atom is -0.455 e. The highest BCUT2D eigenvalue weighted by Crippen LogP contribution is 2.24. The molecular weight excluding hydrogens is 488 g/mol. The Morgan fingerprint density at radius 1 is 0.632 bits per heavy atom. The largest absolute Gasteiger partial charge is 0.455 e. The van der Waals surface area contributed by atoms with Gasteiger partial charge in [0.05, 0.1) is 12.4 Å². The molecule has 0 spiro atoms. The van der Waals surface area contributed by atoms with Crippen LogP contribution in [0.5, 0.6) is 0 Å². The third-order valence-corrected chi connectivity index (χ3v) is 5.28. The molecular formula is C28H22N4O6. The molecule has 0 saturated heterocycles. The number of hydrogen-bond donors (Lipinski definition) is 2. The summed E-state index contributed by atoms with van der Waals surface area (Å²) in [5.74, 6) is -0.516. The van der Waals surface area contributed by atoms with Crippen LogP contribution in [0.2, 0.25) is 0 Å². The lowest BCUT2D eigenvalue weighted by Crippen LogP contribution is -2.35. The van der Waals surface area contributed by atoms with Gasteiger partial charge in [-0.2, -0.15) is 10.2 Å². The molecule has 0 atom stereocenters. The molecule has 0 bridgehead atoms. The first kappa shape index (κ1) is 25.7. The lowest BCUT2D eigenvalue weighted by atomic mass is 10.1. The van der Waals surface area contributed by atoms with Gasteiger partial charge in [-0.1, -0.05) is 36.4 Å². The molecule has 0 fully saturated rings. The molecule has 10 nitrogen and oxygen atoms in total. The van der Waals surface area contributed by atoms with Gasteiger partial charge in [-0.15, -0.1) is 0 Å². The number of nitrogens with zero attached hydrogens (tertiary/aromatic N) is 2. The van der Waals surface area contributed by atoms with E-state index in [2.05, 4.69) is 21.1 Å². The Labute approximate surface area is 217 Å². The Balaban J connectivity index is 1.29. The zero-order valence-electron chi connectivity index (χ0n) is 20.4. The highest BCUT2D eigenvalue weighted by molar-refractivity contribution is 6.35. The van der Waals surface area contributed by atoms with Crippen molar-refractivity contribution in [1.29, 1.82) is 0 Å². The molecule has 0 radical (unpaired) electrons. The fourth-order valence-corrected chi connectivity index (χ4v) is 3.35. The van der Waals surface area contributed by atoms with Crippen molar-refractivity contribution in [1.82, 2.24) is 10.9 Å². The van der Waals surface area contributed by atoms with Crippen molar-refractivity contribution in [3.63, 3.8) is 0 Å². The zero-order valence-corrected chi connectivity index (χ0v) is 20.4. The van der Waals surface area contributed by atoms with Gasteiger partial charge in [0.1, 0.15) is 23.0 Å². The van der Waals surface area contributed by atoms with Gasteiger partial charge in [0, 0.05) is 22.3 Å². The molecule has 2 heterocycles. The van der Waals surface area contributed by atoms with Gasteiger partial charge in [0.25, 0.3) is 0 Å². The lowest BCUT2D eigenvalue weighted by Gasteiger charge is -2.00. The number of Topliss-reactive ketones (excluding diaryl/α,β-unsaturated/α-hetero) is 2. The van der Waals surface area contributed by atoms with Crippen molar-refractivity contribution in [2.45, 2.75) is 13.8 Å². The summed E-state index contributed by atoms with van der Waals surface area (Å²) in [6, 6.07) is 20.6. The van der Waals surface area contributed by atoms with Crippen molar-refractivity contribution in [2.24, 2.45) is 10.2 Å². The molecule has 2 aromatic carbocycles. The van der Waals surface area contributed by atoms with Crippen molar-refractivity contribution in [2.75, 3.05) is 0 Å². The number of amides is 2. The maximum atomic E-state index is 12.0. The number of hydrazone groups is 2. The first-order valence-corrected chi connectivity index (χ1v) is 11.4. The van der Waals surface area contributed by atoms with Crippen molar-refractivity contribution in [3.8, 4) is 22.6 Å². The fourth-order valence-electron chi connectivity index (χ4n) is 3.35. The molecule has 190 valence electrons. The first-order chi connectivity index (χ1) is 18.3. The normalized spacial score (nSPS) is 11.1. The van der Waals surface area contributed by atoms with Crippen LogP contribution in [0, 0.1) is 0 Å². The summed E-state index contributed by atoms with van der Waals surface area (Å²) in [5, 5.41) is 7.42. The summed E-state index contributed by atoms with van der Waals surface area (Å²) < 4.78 is 11.3. The summed E-state index contributed by atoms with van der Waals surface area (Å²) in [6.45, 7) is 2.96. The molecule has 0 aliphatic heterocycles. The Morgan fingerprint density at radius 2 is 1.05 bits per heavy atom. The quantitative estimate of drug-likeness (QED) is 0.157. The summed E-state index contributed by atoms with van der Waals surface area (Å²) in [7, 11) is 0. The van der Waals surface area contributed by atoms with Crippen LogP contribution in [-0.4, -0.2) is 35.8 Å². The second-order valence-electron chi connectivity index (χ2n) is 8.08. The summed E-state index contributed by atoms with van der Waals surface area (Å²) in [6.07, 6.45) is 2.47. The smallest absolute Gasteiger partial charge is 0.331 e. The number of carbonyl (C=O) groups is 4. The third kappa shape index (κ3) is 6.43. The van der Waals surface area contributed by atoms with E-state index in [4.69, 9.17) is 8.83 Å². The SMILES string of the molecule is CC(=O)c1cccc(-c2ccc(C=NNC(=O)C(=O)N/N=C\c3ccc(-c4cccc(C(C)=O)c4)o3)o2)c1. The molecule has 0 aliphatic rings. The van der Waals surface area contributed by atoms with Crippen LogP contribution in [-0.2, 0) is 9.59 Å². The molecule has 2 aromatic heterocycles. The Morgan fingerprint density at radius 3 is 1.45 bits per heavy atom. The summed E-state index contributed by atoms with van der Waals surface area (Å²) in [5.41, 5.74) is 6.71.